The molecule has 1 aliphatic heterocycles. The Hall–Kier alpha value is -2.59. The predicted octanol–water partition coefficient (Wildman–Crippen LogP) is 4.67. The molecule has 0 fully saturated rings. The van der Waals surface area contributed by atoms with E-state index in [1.54, 1.807) is 28.6 Å². The second-order valence-electron chi connectivity index (χ2n) is 6.36. The molecule has 0 saturated heterocycles. The molecule has 5 nitrogen and oxygen atoms in total. The highest BCUT2D eigenvalue weighted by Crippen LogP contribution is 2.40. The molecular formula is C19H15F3N2O3S2. The number of halogens is 3. The van der Waals surface area contributed by atoms with E-state index in [4.69, 9.17) is 4.74 Å². The van der Waals surface area contributed by atoms with Gasteiger partial charge < -0.3 is 9.64 Å². The van der Waals surface area contributed by atoms with Crippen LogP contribution in [-0.2, 0) is 21.8 Å². The fourth-order valence-electron chi connectivity index (χ4n) is 3.08. The molecule has 29 heavy (non-hydrogen) atoms. The van der Waals surface area contributed by atoms with Crippen LogP contribution in [0.3, 0.4) is 0 Å². The number of benzene rings is 2. The summed E-state index contributed by atoms with van der Waals surface area (Å²) in [5, 5.41) is 2.18. The smallest absolute Gasteiger partial charge is 0.416 e. The minimum absolute atomic E-state index is 0.0809. The van der Waals surface area contributed by atoms with Gasteiger partial charge in [-0.25, -0.2) is 13.4 Å². The summed E-state index contributed by atoms with van der Waals surface area (Å²) in [6, 6.07) is 9.43. The van der Waals surface area contributed by atoms with Crippen LogP contribution in [0.4, 0.5) is 24.5 Å². The van der Waals surface area contributed by atoms with Gasteiger partial charge in [0.05, 0.1) is 22.7 Å². The van der Waals surface area contributed by atoms with Crippen molar-refractivity contribution in [1.29, 1.82) is 0 Å². The first-order valence-corrected chi connectivity index (χ1v) is 11.1. The maximum absolute atomic E-state index is 13.1. The van der Waals surface area contributed by atoms with Gasteiger partial charge in [-0.05, 0) is 30.3 Å². The standard InChI is InChI=1S/C19H15F3N2O3S2/c20-19(21,22)13-2-1-3-14(10-13)24-7-8-27-17-11-15(4-5-16(17)24)29(25,26)12-18-23-6-9-28-18/h1-6,9-11H,7-8,12H2. The summed E-state index contributed by atoms with van der Waals surface area (Å²) < 4.78 is 70.1. The molecule has 3 aromatic rings. The largest absolute Gasteiger partial charge is 0.489 e. The second kappa shape index (κ2) is 7.34. The van der Waals surface area contributed by atoms with Crippen LogP contribution < -0.4 is 9.64 Å². The Morgan fingerprint density at radius 1 is 1.17 bits per heavy atom. The van der Waals surface area contributed by atoms with Gasteiger partial charge in [-0.15, -0.1) is 11.3 Å². The van der Waals surface area contributed by atoms with Crippen molar-refractivity contribution in [2.24, 2.45) is 0 Å². The third kappa shape index (κ3) is 4.08. The lowest BCUT2D eigenvalue weighted by Crippen LogP contribution is -2.29. The Bertz CT molecular complexity index is 1130. The first-order chi connectivity index (χ1) is 13.7. The number of thiazole rings is 1. The van der Waals surface area contributed by atoms with Gasteiger partial charge in [0.15, 0.2) is 9.84 Å². The van der Waals surface area contributed by atoms with E-state index in [1.807, 2.05) is 0 Å². The zero-order valence-electron chi connectivity index (χ0n) is 14.9. The molecule has 2 aromatic carbocycles. The normalized spacial score (nSPS) is 14.4. The Kier molecular flexibility index (Phi) is 4.99. The molecule has 0 saturated carbocycles. The fraction of sp³-hybridized carbons (Fsp3) is 0.211. The van der Waals surface area contributed by atoms with Gasteiger partial charge in [0.2, 0.25) is 0 Å². The topological polar surface area (TPSA) is 59.5 Å². The summed E-state index contributed by atoms with van der Waals surface area (Å²) >= 11 is 1.25. The van der Waals surface area contributed by atoms with E-state index < -0.39 is 21.6 Å². The maximum atomic E-state index is 13.1. The highest BCUT2D eigenvalue weighted by atomic mass is 32.2. The Balaban J connectivity index is 1.68. The molecule has 0 unspecified atom stereocenters. The summed E-state index contributed by atoms with van der Waals surface area (Å²) in [6.07, 6.45) is -2.91. The first-order valence-electron chi connectivity index (χ1n) is 8.57. The lowest BCUT2D eigenvalue weighted by molar-refractivity contribution is -0.137. The van der Waals surface area contributed by atoms with Crippen LogP contribution in [0.5, 0.6) is 5.75 Å². The zero-order valence-corrected chi connectivity index (χ0v) is 16.5. The van der Waals surface area contributed by atoms with E-state index in [-0.39, 0.29) is 17.3 Å². The Morgan fingerprint density at radius 2 is 2.00 bits per heavy atom. The number of rotatable bonds is 4. The van der Waals surface area contributed by atoms with Crippen LogP contribution in [0.25, 0.3) is 0 Å². The van der Waals surface area contributed by atoms with E-state index >= 15 is 0 Å². The first kappa shape index (κ1) is 19.7. The molecule has 1 aliphatic rings. The van der Waals surface area contributed by atoms with E-state index in [0.29, 0.717) is 28.7 Å². The van der Waals surface area contributed by atoms with Crippen molar-refractivity contribution in [3.8, 4) is 5.75 Å². The molecule has 4 rings (SSSR count). The average Bonchev–Trinajstić information content (AvgIpc) is 3.19. The molecule has 0 spiro atoms. The van der Waals surface area contributed by atoms with Crippen LogP contribution in [0.2, 0.25) is 0 Å². The zero-order chi connectivity index (χ0) is 20.6. The molecule has 0 N–H and O–H groups in total. The number of sulfone groups is 1. The summed E-state index contributed by atoms with van der Waals surface area (Å²) in [5.41, 5.74) is 0.136. The number of fused-ring (bicyclic) bond motifs is 1. The fourth-order valence-corrected chi connectivity index (χ4v) is 5.35. The molecule has 10 heteroatoms. The highest BCUT2D eigenvalue weighted by Gasteiger charge is 2.31. The number of nitrogens with zero attached hydrogens (tertiary/aromatic N) is 2. The number of hydrogen-bond donors (Lipinski definition) is 0. The van der Waals surface area contributed by atoms with Crippen molar-refractivity contribution in [2.45, 2.75) is 16.8 Å². The molecule has 0 aliphatic carbocycles. The number of aromatic nitrogens is 1. The van der Waals surface area contributed by atoms with Crippen LogP contribution in [-0.4, -0.2) is 26.6 Å². The summed E-state index contributed by atoms with van der Waals surface area (Å²) in [6.45, 7) is 0.568. The maximum Gasteiger partial charge on any atom is 0.416 e. The molecule has 0 radical (unpaired) electrons. The third-order valence-electron chi connectivity index (χ3n) is 4.44. The Labute approximate surface area is 169 Å². The van der Waals surface area contributed by atoms with Gasteiger partial charge in [-0.3, -0.25) is 0 Å². The van der Waals surface area contributed by atoms with Crippen molar-refractivity contribution in [3.63, 3.8) is 0 Å². The summed E-state index contributed by atoms with van der Waals surface area (Å²) in [5.74, 6) is 0.0923. The molecule has 0 bridgehead atoms. The average molecular weight is 440 g/mol. The van der Waals surface area contributed by atoms with Gasteiger partial charge in [0.1, 0.15) is 23.1 Å². The van der Waals surface area contributed by atoms with Crippen molar-refractivity contribution >= 4 is 32.5 Å². The predicted molar refractivity (Wildman–Crippen MR) is 103 cm³/mol. The molecule has 0 amide bonds. The van der Waals surface area contributed by atoms with E-state index in [0.717, 1.165) is 12.1 Å². The second-order valence-corrected chi connectivity index (χ2v) is 9.33. The highest BCUT2D eigenvalue weighted by molar-refractivity contribution is 7.90. The lowest BCUT2D eigenvalue weighted by Gasteiger charge is -2.32. The molecule has 152 valence electrons. The summed E-state index contributed by atoms with van der Waals surface area (Å²) in [4.78, 5) is 5.77. The van der Waals surface area contributed by atoms with Gasteiger partial charge in [0.25, 0.3) is 0 Å². The van der Waals surface area contributed by atoms with Crippen LogP contribution in [0.1, 0.15) is 10.6 Å². The number of alkyl halides is 3. The van der Waals surface area contributed by atoms with Gasteiger partial charge in [0, 0.05) is 23.3 Å². The van der Waals surface area contributed by atoms with Crippen LogP contribution >= 0.6 is 11.3 Å². The minimum Gasteiger partial charge on any atom is -0.489 e. The van der Waals surface area contributed by atoms with Crippen molar-refractivity contribution in [1.82, 2.24) is 4.98 Å². The molecule has 1 aromatic heterocycles. The van der Waals surface area contributed by atoms with Crippen LogP contribution in [0, 0.1) is 0 Å². The lowest BCUT2D eigenvalue weighted by atomic mass is 10.1. The van der Waals surface area contributed by atoms with E-state index in [9.17, 15) is 21.6 Å². The monoisotopic (exact) mass is 440 g/mol. The van der Waals surface area contributed by atoms with Gasteiger partial charge in [-0.1, -0.05) is 6.07 Å². The minimum atomic E-state index is -4.45. The van der Waals surface area contributed by atoms with Crippen molar-refractivity contribution in [3.05, 3.63) is 64.6 Å². The quantitative estimate of drug-likeness (QED) is 0.590. The van der Waals surface area contributed by atoms with Crippen molar-refractivity contribution < 1.29 is 26.3 Å². The Morgan fingerprint density at radius 3 is 2.72 bits per heavy atom. The van der Waals surface area contributed by atoms with E-state index in [1.165, 1.54) is 29.5 Å². The molecule has 2 heterocycles. The van der Waals surface area contributed by atoms with Crippen molar-refractivity contribution in [2.75, 3.05) is 18.1 Å². The van der Waals surface area contributed by atoms with Crippen LogP contribution in [0.15, 0.2) is 58.9 Å². The summed E-state index contributed by atoms with van der Waals surface area (Å²) in [7, 11) is -3.62. The molecular weight excluding hydrogens is 425 g/mol. The van der Waals surface area contributed by atoms with Gasteiger partial charge >= 0.3 is 6.18 Å². The molecule has 0 atom stereocenters. The number of hydrogen-bond acceptors (Lipinski definition) is 6. The third-order valence-corrected chi connectivity index (χ3v) is 7.02. The van der Waals surface area contributed by atoms with E-state index in [2.05, 4.69) is 4.98 Å². The number of anilines is 2. The van der Waals surface area contributed by atoms with Gasteiger partial charge in [-0.2, -0.15) is 13.2 Å². The SMILES string of the molecule is O=S(=O)(Cc1nccs1)c1ccc2c(c1)OCCN2c1cccc(C(F)(F)F)c1. The number of ether oxygens (including phenoxy) is 1.